The van der Waals surface area contributed by atoms with Gasteiger partial charge in [0.15, 0.2) is 5.76 Å². The highest BCUT2D eigenvalue weighted by atomic mass is 16.4. The van der Waals surface area contributed by atoms with Crippen molar-refractivity contribution < 1.29 is 19.1 Å². The Balaban J connectivity index is 1.90. The molecule has 7 nitrogen and oxygen atoms in total. The summed E-state index contributed by atoms with van der Waals surface area (Å²) in [5.41, 5.74) is 2.07. The van der Waals surface area contributed by atoms with Crippen LogP contribution in [0, 0.1) is 6.92 Å². The summed E-state index contributed by atoms with van der Waals surface area (Å²) in [7, 11) is 1.49. The zero-order valence-corrected chi connectivity index (χ0v) is 16.1. The molecule has 0 aromatic carbocycles. The predicted octanol–water partition coefficient (Wildman–Crippen LogP) is 2.44. The van der Waals surface area contributed by atoms with Gasteiger partial charge in [0, 0.05) is 30.4 Å². The number of aryl methyl sites for hydroxylation is 1. The maximum Gasteiger partial charge on any atom is 0.286 e. The van der Waals surface area contributed by atoms with Crippen LogP contribution >= 0.6 is 0 Å². The lowest BCUT2D eigenvalue weighted by Crippen LogP contribution is -2.38. The van der Waals surface area contributed by atoms with Gasteiger partial charge in [0.05, 0.1) is 17.4 Å². The van der Waals surface area contributed by atoms with E-state index in [1.807, 2.05) is 19.1 Å². The molecular weight excluding hydrogens is 358 g/mol. The topological polar surface area (TPSA) is 104 Å². The number of aliphatic hydroxyl groups is 1. The fourth-order valence-corrected chi connectivity index (χ4v) is 3.33. The summed E-state index contributed by atoms with van der Waals surface area (Å²) in [6, 6.07) is 6.90. The molecule has 1 aliphatic carbocycles. The largest absolute Gasteiger partial charge is 0.450 e. The van der Waals surface area contributed by atoms with Crippen molar-refractivity contribution in [3.05, 3.63) is 59.3 Å². The Hall–Kier alpha value is -2.93. The van der Waals surface area contributed by atoms with Crippen molar-refractivity contribution in [1.29, 1.82) is 0 Å². The van der Waals surface area contributed by atoms with E-state index in [0.29, 0.717) is 37.0 Å². The van der Waals surface area contributed by atoms with Gasteiger partial charge in [0.1, 0.15) is 5.76 Å². The summed E-state index contributed by atoms with van der Waals surface area (Å²) >= 11 is 0. The fraction of sp³-hybridized carbons (Fsp3) is 0.381. The standard InChI is InChI=1S/C21H25N3O4/c1-12-5-4-6-17(23-12)13(2)19-16(11-18(28-19)21(27)22-3)20(26)24-14-7-9-15(25)10-8-14/h4-6,11,14-15,25H,2,7-10H2,1,3H3,(H,22,27)(H,24,26). The number of hydrogen-bond acceptors (Lipinski definition) is 5. The van der Waals surface area contributed by atoms with E-state index < -0.39 is 5.91 Å². The normalized spacial score (nSPS) is 19.1. The van der Waals surface area contributed by atoms with Crippen molar-refractivity contribution in [1.82, 2.24) is 15.6 Å². The third-order valence-electron chi connectivity index (χ3n) is 4.93. The molecule has 0 saturated heterocycles. The van der Waals surface area contributed by atoms with Gasteiger partial charge in [0.25, 0.3) is 11.8 Å². The quantitative estimate of drug-likeness (QED) is 0.736. The second kappa shape index (κ2) is 8.39. The Bertz CT molecular complexity index is 895. The average molecular weight is 383 g/mol. The Morgan fingerprint density at radius 2 is 1.93 bits per heavy atom. The van der Waals surface area contributed by atoms with Crippen LogP contribution < -0.4 is 10.6 Å². The monoisotopic (exact) mass is 383 g/mol. The molecule has 2 aromatic heterocycles. The average Bonchev–Trinajstić information content (AvgIpc) is 3.14. The number of aromatic nitrogens is 1. The van der Waals surface area contributed by atoms with Gasteiger partial charge in [0.2, 0.25) is 0 Å². The number of pyridine rings is 1. The number of aliphatic hydroxyl groups excluding tert-OH is 1. The molecule has 0 radical (unpaired) electrons. The molecule has 3 rings (SSSR count). The van der Waals surface area contributed by atoms with Gasteiger partial charge in [-0.25, -0.2) is 0 Å². The Labute approximate surface area is 163 Å². The molecule has 1 saturated carbocycles. The number of carbonyl (C=O) groups is 2. The molecule has 3 N–H and O–H groups in total. The van der Waals surface area contributed by atoms with Crippen LogP contribution in [0.1, 0.15) is 63.7 Å². The molecule has 2 aromatic rings. The fourth-order valence-electron chi connectivity index (χ4n) is 3.33. The summed E-state index contributed by atoms with van der Waals surface area (Å²) < 4.78 is 5.70. The summed E-state index contributed by atoms with van der Waals surface area (Å²) in [5, 5.41) is 15.1. The Morgan fingerprint density at radius 3 is 2.57 bits per heavy atom. The van der Waals surface area contributed by atoms with Gasteiger partial charge in [-0.05, 0) is 44.7 Å². The van der Waals surface area contributed by atoms with E-state index in [1.165, 1.54) is 13.1 Å². The van der Waals surface area contributed by atoms with Crippen molar-refractivity contribution in [2.75, 3.05) is 7.05 Å². The van der Waals surface area contributed by atoms with Crippen LogP contribution in [0.25, 0.3) is 5.57 Å². The minimum Gasteiger partial charge on any atom is -0.450 e. The lowest BCUT2D eigenvalue weighted by atomic mass is 9.93. The molecule has 1 aliphatic rings. The summed E-state index contributed by atoms with van der Waals surface area (Å²) in [6.07, 6.45) is 2.44. The third-order valence-corrected chi connectivity index (χ3v) is 4.93. The number of furan rings is 1. The number of amides is 2. The summed E-state index contributed by atoms with van der Waals surface area (Å²) in [5.74, 6) is -0.490. The number of nitrogens with one attached hydrogen (secondary N) is 2. The second-order valence-electron chi connectivity index (χ2n) is 7.05. The van der Waals surface area contributed by atoms with Crippen molar-refractivity contribution in [2.24, 2.45) is 0 Å². The van der Waals surface area contributed by atoms with E-state index in [9.17, 15) is 14.7 Å². The Kier molecular flexibility index (Phi) is 5.94. The van der Waals surface area contributed by atoms with Crippen LogP contribution in [0.2, 0.25) is 0 Å². The smallest absolute Gasteiger partial charge is 0.286 e. The highest BCUT2D eigenvalue weighted by Gasteiger charge is 2.27. The van der Waals surface area contributed by atoms with Crippen molar-refractivity contribution in [2.45, 2.75) is 44.8 Å². The van der Waals surface area contributed by atoms with Gasteiger partial charge in [-0.1, -0.05) is 12.6 Å². The van der Waals surface area contributed by atoms with Gasteiger partial charge in [-0.2, -0.15) is 0 Å². The van der Waals surface area contributed by atoms with E-state index >= 15 is 0 Å². The third kappa shape index (κ3) is 4.31. The Morgan fingerprint density at radius 1 is 1.21 bits per heavy atom. The first-order valence-electron chi connectivity index (χ1n) is 9.37. The number of hydrogen-bond donors (Lipinski definition) is 3. The second-order valence-corrected chi connectivity index (χ2v) is 7.05. The number of carbonyl (C=O) groups excluding carboxylic acids is 2. The molecule has 0 bridgehead atoms. The molecule has 7 heteroatoms. The molecule has 0 atom stereocenters. The first-order valence-corrected chi connectivity index (χ1v) is 9.37. The minimum absolute atomic E-state index is 0.0209. The van der Waals surface area contributed by atoms with E-state index in [4.69, 9.17) is 4.42 Å². The molecule has 0 aliphatic heterocycles. The molecule has 0 spiro atoms. The van der Waals surface area contributed by atoms with Crippen LogP contribution in [0.5, 0.6) is 0 Å². The maximum absolute atomic E-state index is 12.9. The zero-order valence-electron chi connectivity index (χ0n) is 16.1. The first-order chi connectivity index (χ1) is 13.4. The van der Waals surface area contributed by atoms with Crippen molar-refractivity contribution in [3.8, 4) is 0 Å². The lowest BCUT2D eigenvalue weighted by molar-refractivity contribution is 0.0866. The summed E-state index contributed by atoms with van der Waals surface area (Å²) in [6.45, 7) is 5.89. The van der Waals surface area contributed by atoms with Crippen molar-refractivity contribution in [3.63, 3.8) is 0 Å². The SMILES string of the molecule is C=C(c1cccc(C)n1)c1oc(C(=O)NC)cc1C(=O)NC1CCC(O)CC1. The highest BCUT2D eigenvalue weighted by molar-refractivity contribution is 6.02. The van der Waals surface area contributed by atoms with E-state index in [2.05, 4.69) is 22.2 Å². The number of nitrogens with zero attached hydrogens (tertiary/aromatic N) is 1. The van der Waals surface area contributed by atoms with Gasteiger partial charge >= 0.3 is 0 Å². The van der Waals surface area contributed by atoms with Gasteiger partial charge in [-0.15, -0.1) is 0 Å². The molecular formula is C21H25N3O4. The lowest BCUT2D eigenvalue weighted by Gasteiger charge is -2.26. The van der Waals surface area contributed by atoms with Crippen LogP contribution in [0.4, 0.5) is 0 Å². The van der Waals surface area contributed by atoms with Crippen molar-refractivity contribution >= 4 is 17.4 Å². The van der Waals surface area contributed by atoms with Crippen LogP contribution in [0.15, 0.2) is 35.3 Å². The summed E-state index contributed by atoms with van der Waals surface area (Å²) in [4.78, 5) is 29.4. The molecule has 0 unspecified atom stereocenters. The van der Waals surface area contributed by atoms with Crippen LogP contribution in [-0.2, 0) is 0 Å². The highest BCUT2D eigenvalue weighted by Crippen LogP contribution is 2.28. The maximum atomic E-state index is 12.9. The minimum atomic E-state index is -0.425. The van der Waals surface area contributed by atoms with Crippen LogP contribution in [0.3, 0.4) is 0 Å². The van der Waals surface area contributed by atoms with Gasteiger partial charge in [-0.3, -0.25) is 14.6 Å². The van der Waals surface area contributed by atoms with Gasteiger partial charge < -0.3 is 20.2 Å². The van der Waals surface area contributed by atoms with E-state index in [0.717, 1.165) is 5.69 Å². The van der Waals surface area contributed by atoms with E-state index in [-0.39, 0.29) is 35.1 Å². The van der Waals surface area contributed by atoms with Crippen LogP contribution in [-0.4, -0.2) is 41.1 Å². The number of rotatable bonds is 5. The molecule has 148 valence electrons. The molecule has 2 heterocycles. The molecule has 1 fully saturated rings. The van der Waals surface area contributed by atoms with E-state index in [1.54, 1.807) is 6.07 Å². The zero-order chi connectivity index (χ0) is 20.3. The molecule has 28 heavy (non-hydrogen) atoms. The first kappa shape index (κ1) is 19.8. The molecule has 2 amide bonds. The predicted molar refractivity (Wildman–Crippen MR) is 105 cm³/mol.